The van der Waals surface area contributed by atoms with Gasteiger partial charge in [-0.25, -0.2) is 9.38 Å². The van der Waals surface area contributed by atoms with Crippen LogP contribution < -0.4 is 10.6 Å². The van der Waals surface area contributed by atoms with Crippen LogP contribution in [0.3, 0.4) is 0 Å². The van der Waals surface area contributed by atoms with Gasteiger partial charge in [0.25, 0.3) is 0 Å². The lowest BCUT2D eigenvalue weighted by molar-refractivity contribution is 0.139. The third-order valence-electron chi connectivity index (χ3n) is 4.78. The molecule has 0 bridgehead atoms. The minimum absolute atomic E-state index is 0. The lowest BCUT2D eigenvalue weighted by atomic mass is 10.1. The molecular weight excluding hydrogens is 456 g/mol. The van der Waals surface area contributed by atoms with E-state index < -0.39 is 0 Å². The molecule has 1 aliphatic rings. The maximum absolute atomic E-state index is 13.7. The number of hydrogen-bond acceptors (Lipinski definition) is 3. The zero-order valence-electron chi connectivity index (χ0n) is 17.1. The molecule has 0 aromatic heterocycles. The van der Waals surface area contributed by atoms with Crippen molar-refractivity contribution in [2.75, 3.05) is 52.9 Å². The van der Waals surface area contributed by atoms with Crippen molar-refractivity contribution in [2.45, 2.75) is 27.3 Å². The minimum atomic E-state index is -0.170. The third-order valence-corrected chi connectivity index (χ3v) is 4.78. The molecule has 7 heteroatoms. The van der Waals surface area contributed by atoms with E-state index in [1.54, 1.807) is 19.1 Å². The second-order valence-corrected chi connectivity index (χ2v) is 7.37. The van der Waals surface area contributed by atoms with Crippen LogP contribution in [-0.4, -0.2) is 68.6 Å². The van der Waals surface area contributed by atoms with Gasteiger partial charge >= 0.3 is 0 Å². The Morgan fingerprint density at radius 3 is 2.56 bits per heavy atom. The summed E-state index contributed by atoms with van der Waals surface area (Å²) in [6.45, 7) is 13.9. The number of rotatable bonds is 7. The van der Waals surface area contributed by atoms with E-state index >= 15 is 0 Å². The van der Waals surface area contributed by atoms with E-state index in [1.807, 2.05) is 6.07 Å². The second kappa shape index (κ2) is 12.5. The molecule has 1 aliphatic heterocycles. The number of aliphatic imine (C=N–C) groups is 1. The average Bonchev–Trinajstić information content (AvgIpc) is 2.62. The third kappa shape index (κ3) is 8.74. The predicted octanol–water partition coefficient (Wildman–Crippen LogP) is 2.69. The molecule has 0 aliphatic carbocycles. The Balaban J connectivity index is 0.00000364. The smallest absolute Gasteiger partial charge is 0.191 e. The van der Waals surface area contributed by atoms with Gasteiger partial charge in [-0.15, -0.1) is 24.0 Å². The average molecular weight is 491 g/mol. The summed E-state index contributed by atoms with van der Waals surface area (Å²) < 4.78 is 13.7. The topological polar surface area (TPSA) is 42.9 Å². The zero-order valence-corrected chi connectivity index (χ0v) is 19.4. The number of aryl methyl sites for hydroxylation is 1. The van der Waals surface area contributed by atoms with Crippen LogP contribution in [-0.2, 0) is 6.54 Å². The Labute approximate surface area is 180 Å². The number of nitrogens with zero attached hydrogens (tertiary/aromatic N) is 3. The summed E-state index contributed by atoms with van der Waals surface area (Å²) >= 11 is 0. The first-order valence-corrected chi connectivity index (χ1v) is 9.66. The van der Waals surface area contributed by atoms with Gasteiger partial charge in [-0.1, -0.05) is 19.1 Å². The quantitative estimate of drug-likeness (QED) is 0.350. The fraction of sp³-hybridized carbons (Fsp3) is 0.650. The molecule has 1 unspecified atom stereocenters. The molecule has 27 heavy (non-hydrogen) atoms. The summed E-state index contributed by atoms with van der Waals surface area (Å²) in [4.78, 5) is 9.50. The van der Waals surface area contributed by atoms with Crippen molar-refractivity contribution in [3.8, 4) is 0 Å². The highest BCUT2D eigenvalue weighted by Gasteiger charge is 2.16. The van der Waals surface area contributed by atoms with Gasteiger partial charge in [-0.05, 0) is 44.0 Å². The first-order valence-electron chi connectivity index (χ1n) is 9.66. The Hall–Kier alpha value is -0.930. The Morgan fingerprint density at radius 2 is 1.93 bits per heavy atom. The van der Waals surface area contributed by atoms with Crippen molar-refractivity contribution in [1.82, 2.24) is 20.4 Å². The van der Waals surface area contributed by atoms with Gasteiger partial charge in [-0.2, -0.15) is 0 Å². The Morgan fingerprint density at radius 1 is 1.22 bits per heavy atom. The molecule has 0 radical (unpaired) electrons. The largest absolute Gasteiger partial charge is 0.357 e. The molecule has 2 N–H and O–H groups in total. The lowest BCUT2D eigenvalue weighted by Crippen LogP contribution is -2.47. The molecule has 154 valence electrons. The van der Waals surface area contributed by atoms with Crippen LogP contribution in [0.4, 0.5) is 4.39 Å². The number of nitrogens with one attached hydrogen (secondary N) is 2. The van der Waals surface area contributed by atoms with E-state index in [4.69, 9.17) is 0 Å². The molecule has 2 rings (SSSR count). The lowest BCUT2D eigenvalue weighted by Gasteiger charge is -2.34. The molecule has 0 spiro atoms. The van der Waals surface area contributed by atoms with Crippen molar-refractivity contribution >= 4 is 29.9 Å². The van der Waals surface area contributed by atoms with E-state index in [0.717, 1.165) is 57.3 Å². The van der Waals surface area contributed by atoms with Crippen LogP contribution in [0.2, 0.25) is 0 Å². The van der Waals surface area contributed by atoms with E-state index in [2.05, 4.69) is 46.3 Å². The van der Waals surface area contributed by atoms with Crippen LogP contribution in [0.5, 0.6) is 0 Å². The SMILES string of the molecule is CCNC(=NCc1ccc(C)c(F)c1)NCC(C)CN1CCN(C)CC1.I. The summed E-state index contributed by atoms with van der Waals surface area (Å²) in [5, 5.41) is 6.69. The van der Waals surface area contributed by atoms with Crippen LogP contribution in [0.25, 0.3) is 0 Å². The van der Waals surface area contributed by atoms with E-state index in [-0.39, 0.29) is 29.8 Å². The number of hydrogen-bond donors (Lipinski definition) is 2. The summed E-state index contributed by atoms with van der Waals surface area (Å²) in [6.07, 6.45) is 0. The maximum atomic E-state index is 13.7. The summed E-state index contributed by atoms with van der Waals surface area (Å²) in [5.41, 5.74) is 1.55. The fourth-order valence-electron chi connectivity index (χ4n) is 3.05. The number of halogens is 2. The Bertz CT molecular complexity index is 588. The predicted molar refractivity (Wildman–Crippen MR) is 122 cm³/mol. The minimum Gasteiger partial charge on any atom is -0.357 e. The van der Waals surface area contributed by atoms with Crippen LogP contribution in [0.15, 0.2) is 23.2 Å². The first kappa shape index (κ1) is 24.1. The zero-order chi connectivity index (χ0) is 18.9. The highest BCUT2D eigenvalue weighted by atomic mass is 127. The molecule has 1 saturated heterocycles. The standard InChI is InChI=1S/C20H34FN5.HI/c1-5-22-20(24-14-18-7-6-17(3)19(21)12-18)23-13-16(2)15-26-10-8-25(4)9-11-26;/h6-7,12,16H,5,8-11,13-15H2,1-4H3,(H2,22,23,24);1H. The van der Waals surface area contributed by atoms with Gasteiger partial charge in [0.15, 0.2) is 5.96 Å². The summed E-state index contributed by atoms with van der Waals surface area (Å²) in [7, 11) is 2.18. The highest BCUT2D eigenvalue weighted by molar-refractivity contribution is 14.0. The van der Waals surface area contributed by atoms with Crippen LogP contribution in [0.1, 0.15) is 25.0 Å². The molecule has 1 heterocycles. The van der Waals surface area contributed by atoms with Gasteiger partial charge in [0.2, 0.25) is 0 Å². The molecule has 1 atom stereocenters. The van der Waals surface area contributed by atoms with Gasteiger partial charge in [-0.3, -0.25) is 0 Å². The molecule has 1 aromatic carbocycles. The normalized spacial score (nSPS) is 17.3. The van der Waals surface area contributed by atoms with Gasteiger partial charge < -0.3 is 20.4 Å². The maximum Gasteiger partial charge on any atom is 0.191 e. The Kier molecular flexibility index (Phi) is 11.2. The van der Waals surface area contributed by atoms with Crippen molar-refractivity contribution < 1.29 is 4.39 Å². The van der Waals surface area contributed by atoms with Crippen molar-refractivity contribution in [3.63, 3.8) is 0 Å². The second-order valence-electron chi connectivity index (χ2n) is 7.37. The van der Waals surface area contributed by atoms with E-state index in [0.29, 0.717) is 18.0 Å². The number of guanidine groups is 1. The van der Waals surface area contributed by atoms with E-state index in [9.17, 15) is 4.39 Å². The molecule has 0 saturated carbocycles. The van der Waals surface area contributed by atoms with Crippen LogP contribution in [0, 0.1) is 18.7 Å². The fourth-order valence-corrected chi connectivity index (χ4v) is 3.05. The van der Waals surface area contributed by atoms with Crippen molar-refractivity contribution in [3.05, 3.63) is 35.1 Å². The molecule has 1 fully saturated rings. The number of likely N-dealkylation sites (N-methyl/N-ethyl adjacent to an activating group) is 1. The molecule has 5 nitrogen and oxygen atoms in total. The van der Waals surface area contributed by atoms with Gasteiger partial charge in [0.1, 0.15) is 5.82 Å². The van der Waals surface area contributed by atoms with Gasteiger partial charge in [0.05, 0.1) is 6.54 Å². The molecule has 0 amide bonds. The highest BCUT2D eigenvalue weighted by Crippen LogP contribution is 2.10. The summed E-state index contributed by atoms with van der Waals surface area (Å²) in [5.74, 6) is 1.16. The molecular formula is C20H35FIN5. The van der Waals surface area contributed by atoms with Crippen LogP contribution >= 0.6 is 24.0 Å². The van der Waals surface area contributed by atoms with Gasteiger partial charge in [0, 0.05) is 45.8 Å². The van der Waals surface area contributed by atoms with Crippen molar-refractivity contribution in [1.29, 1.82) is 0 Å². The first-order chi connectivity index (χ1) is 12.5. The molecule has 1 aromatic rings. The summed E-state index contributed by atoms with van der Waals surface area (Å²) in [6, 6.07) is 5.30. The number of benzene rings is 1. The number of piperazine rings is 1. The van der Waals surface area contributed by atoms with Crippen molar-refractivity contribution in [2.24, 2.45) is 10.9 Å². The van der Waals surface area contributed by atoms with E-state index in [1.165, 1.54) is 0 Å². The monoisotopic (exact) mass is 491 g/mol.